The third kappa shape index (κ3) is 6.40. The number of carbonyl (C=O) groups excluding carboxylic acids is 2. The van der Waals surface area contributed by atoms with Crippen molar-refractivity contribution in [3.8, 4) is 0 Å². The van der Waals surface area contributed by atoms with E-state index in [-0.39, 0.29) is 31.2 Å². The van der Waals surface area contributed by atoms with E-state index in [1.807, 2.05) is 29.9 Å². The van der Waals surface area contributed by atoms with Gasteiger partial charge in [0.15, 0.2) is 0 Å². The molecule has 2 rings (SSSR count). The first-order valence-corrected chi connectivity index (χ1v) is 9.37. The van der Waals surface area contributed by atoms with E-state index in [0.717, 1.165) is 5.69 Å². The number of benzene rings is 1. The zero-order valence-corrected chi connectivity index (χ0v) is 17.1. The van der Waals surface area contributed by atoms with Crippen LogP contribution in [0.1, 0.15) is 16.1 Å². The van der Waals surface area contributed by atoms with Crippen molar-refractivity contribution in [2.24, 2.45) is 7.05 Å². The minimum absolute atomic E-state index is 0.0673. The lowest BCUT2D eigenvalue weighted by Crippen LogP contribution is -2.45. The molecule has 0 saturated heterocycles. The van der Waals surface area contributed by atoms with Gasteiger partial charge in [0.25, 0.3) is 5.91 Å². The van der Waals surface area contributed by atoms with E-state index in [9.17, 15) is 14.0 Å². The van der Waals surface area contributed by atoms with Crippen LogP contribution in [0.15, 0.2) is 42.6 Å². The van der Waals surface area contributed by atoms with Crippen molar-refractivity contribution >= 4 is 11.8 Å². The highest BCUT2D eigenvalue weighted by Crippen LogP contribution is 2.12. The van der Waals surface area contributed by atoms with Crippen molar-refractivity contribution < 1.29 is 23.5 Å². The Morgan fingerprint density at radius 3 is 2.24 bits per heavy atom. The molecule has 7 nitrogen and oxygen atoms in total. The molecule has 0 radical (unpaired) electrons. The van der Waals surface area contributed by atoms with Gasteiger partial charge >= 0.3 is 0 Å². The summed E-state index contributed by atoms with van der Waals surface area (Å²) in [6.07, 6.45) is 1.90. The van der Waals surface area contributed by atoms with Crippen LogP contribution in [0, 0.1) is 5.82 Å². The summed E-state index contributed by atoms with van der Waals surface area (Å²) in [5.41, 5.74) is 0.889. The first-order valence-electron chi connectivity index (χ1n) is 9.37. The van der Waals surface area contributed by atoms with Gasteiger partial charge in [-0.3, -0.25) is 9.59 Å². The molecule has 0 aliphatic carbocycles. The maximum absolute atomic E-state index is 14.1. The highest BCUT2D eigenvalue weighted by molar-refractivity contribution is 5.96. The predicted molar refractivity (Wildman–Crippen MR) is 107 cm³/mol. The molecule has 158 valence electrons. The zero-order chi connectivity index (χ0) is 21.2. The summed E-state index contributed by atoms with van der Waals surface area (Å²) < 4.78 is 26.2. The molecule has 0 aliphatic heterocycles. The Hall–Kier alpha value is -2.71. The molecule has 2 aromatic rings. The highest BCUT2D eigenvalue weighted by Gasteiger charge is 2.24. The number of rotatable bonds is 11. The monoisotopic (exact) mass is 405 g/mol. The van der Waals surface area contributed by atoms with Gasteiger partial charge in [-0.1, -0.05) is 12.1 Å². The van der Waals surface area contributed by atoms with Crippen molar-refractivity contribution in [1.29, 1.82) is 0 Å². The average molecular weight is 405 g/mol. The number of ether oxygens (including phenoxy) is 2. The number of halogens is 1. The first-order chi connectivity index (χ1) is 14.0. The maximum Gasteiger partial charge on any atom is 0.257 e. The van der Waals surface area contributed by atoms with Gasteiger partial charge in [0, 0.05) is 46.2 Å². The van der Waals surface area contributed by atoms with Gasteiger partial charge in [-0.05, 0) is 24.3 Å². The van der Waals surface area contributed by atoms with Crippen molar-refractivity contribution in [3.05, 3.63) is 59.7 Å². The van der Waals surface area contributed by atoms with Gasteiger partial charge in [0.2, 0.25) is 5.91 Å². The molecule has 0 fully saturated rings. The van der Waals surface area contributed by atoms with Gasteiger partial charge in [-0.15, -0.1) is 0 Å². The van der Waals surface area contributed by atoms with Crippen LogP contribution in [0.25, 0.3) is 0 Å². The number of aromatic nitrogens is 1. The summed E-state index contributed by atoms with van der Waals surface area (Å²) in [6, 6.07) is 9.58. The Labute approximate surface area is 170 Å². The summed E-state index contributed by atoms with van der Waals surface area (Å²) in [7, 11) is 4.98. The van der Waals surface area contributed by atoms with Crippen molar-refractivity contribution in [2.75, 3.05) is 47.1 Å². The number of hydrogen-bond donors (Lipinski definition) is 0. The fraction of sp³-hybridized carbons (Fsp3) is 0.429. The zero-order valence-electron chi connectivity index (χ0n) is 17.1. The van der Waals surface area contributed by atoms with E-state index in [1.54, 1.807) is 18.1 Å². The summed E-state index contributed by atoms with van der Waals surface area (Å²) in [5.74, 6) is -1.41. The second-order valence-corrected chi connectivity index (χ2v) is 6.62. The fourth-order valence-electron chi connectivity index (χ4n) is 2.87. The quantitative estimate of drug-likeness (QED) is 0.573. The Morgan fingerprint density at radius 1 is 1.00 bits per heavy atom. The van der Waals surface area contributed by atoms with Gasteiger partial charge in [0.05, 0.1) is 25.3 Å². The molecule has 1 aromatic heterocycles. The third-order valence-corrected chi connectivity index (χ3v) is 4.61. The molecule has 8 heteroatoms. The molecule has 1 aromatic carbocycles. The largest absolute Gasteiger partial charge is 0.383 e. The fourth-order valence-corrected chi connectivity index (χ4v) is 2.87. The number of methoxy groups -OCH3 is 2. The van der Waals surface area contributed by atoms with E-state index in [2.05, 4.69) is 0 Å². The van der Waals surface area contributed by atoms with Crippen LogP contribution < -0.4 is 0 Å². The lowest BCUT2D eigenvalue weighted by Gasteiger charge is -2.28. The second kappa shape index (κ2) is 11.3. The molecule has 29 heavy (non-hydrogen) atoms. The number of amides is 2. The molecule has 1 heterocycles. The Balaban J connectivity index is 2.17. The van der Waals surface area contributed by atoms with Gasteiger partial charge in [-0.25, -0.2) is 4.39 Å². The summed E-state index contributed by atoms with van der Waals surface area (Å²) in [4.78, 5) is 28.8. The summed E-state index contributed by atoms with van der Waals surface area (Å²) >= 11 is 0. The van der Waals surface area contributed by atoms with Crippen LogP contribution in [-0.4, -0.2) is 73.2 Å². The summed E-state index contributed by atoms with van der Waals surface area (Å²) in [6.45, 7) is 1.38. The average Bonchev–Trinajstić information content (AvgIpc) is 3.12. The SMILES string of the molecule is COCCN(Cc1cccn1C)C(=O)CN(CCOC)C(=O)c1ccccc1F. The number of aryl methyl sites for hydroxylation is 1. The van der Waals surface area contributed by atoms with Crippen molar-refractivity contribution in [3.63, 3.8) is 0 Å². The van der Waals surface area contributed by atoms with Crippen molar-refractivity contribution in [1.82, 2.24) is 14.4 Å². The summed E-state index contributed by atoms with van der Waals surface area (Å²) in [5, 5.41) is 0. The van der Waals surface area contributed by atoms with E-state index in [1.165, 1.54) is 30.2 Å². The smallest absolute Gasteiger partial charge is 0.257 e. The second-order valence-electron chi connectivity index (χ2n) is 6.62. The molecule has 2 amide bonds. The molecular formula is C21H28FN3O4. The minimum Gasteiger partial charge on any atom is -0.383 e. The molecule has 0 saturated carbocycles. The Morgan fingerprint density at radius 2 is 1.66 bits per heavy atom. The van der Waals surface area contributed by atoms with Crippen LogP contribution >= 0.6 is 0 Å². The minimum atomic E-state index is -0.618. The number of nitrogens with zero attached hydrogens (tertiary/aromatic N) is 3. The van der Waals surface area contributed by atoms with E-state index < -0.39 is 11.7 Å². The van der Waals surface area contributed by atoms with Gasteiger partial charge in [0.1, 0.15) is 12.4 Å². The van der Waals surface area contributed by atoms with E-state index in [0.29, 0.717) is 19.7 Å². The molecule has 0 N–H and O–H groups in total. The lowest BCUT2D eigenvalue weighted by molar-refractivity contribution is -0.133. The predicted octanol–water partition coefficient (Wildman–Crippen LogP) is 1.93. The van der Waals surface area contributed by atoms with Gasteiger partial charge < -0.3 is 23.8 Å². The Bertz CT molecular complexity index is 809. The molecule has 0 aliphatic rings. The molecular weight excluding hydrogens is 377 g/mol. The third-order valence-electron chi connectivity index (χ3n) is 4.61. The standard InChI is InChI=1S/C21H28FN3O4/c1-23-10-6-7-17(23)15-24(11-13-28-2)20(26)16-25(12-14-29-3)21(27)18-8-4-5-9-19(18)22/h4-10H,11-16H2,1-3H3. The van der Waals surface area contributed by atoms with Crippen LogP contribution in [0.3, 0.4) is 0 Å². The normalized spacial score (nSPS) is 10.8. The maximum atomic E-state index is 14.1. The van der Waals surface area contributed by atoms with Crippen LogP contribution in [0.2, 0.25) is 0 Å². The van der Waals surface area contributed by atoms with Crippen molar-refractivity contribution in [2.45, 2.75) is 6.54 Å². The van der Waals surface area contributed by atoms with Crippen LogP contribution in [-0.2, 0) is 27.9 Å². The number of carbonyl (C=O) groups is 2. The molecule has 0 bridgehead atoms. The molecule has 0 unspecified atom stereocenters. The van der Waals surface area contributed by atoms with E-state index in [4.69, 9.17) is 9.47 Å². The van der Waals surface area contributed by atoms with Crippen LogP contribution in [0.5, 0.6) is 0 Å². The van der Waals surface area contributed by atoms with E-state index >= 15 is 0 Å². The topological polar surface area (TPSA) is 64.0 Å². The van der Waals surface area contributed by atoms with Gasteiger partial charge in [-0.2, -0.15) is 0 Å². The molecule has 0 spiro atoms. The lowest BCUT2D eigenvalue weighted by atomic mass is 10.2. The van der Waals surface area contributed by atoms with Crippen LogP contribution in [0.4, 0.5) is 4.39 Å². The molecule has 0 atom stereocenters. The number of hydrogen-bond acceptors (Lipinski definition) is 4. The Kier molecular flexibility index (Phi) is 8.82. The first kappa shape index (κ1) is 22.6. The highest BCUT2D eigenvalue weighted by atomic mass is 19.1.